The molecule has 1 aromatic carbocycles. The average molecular weight is 260 g/mol. The Balaban J connectivity index is 2.89. The molecule has 5 nitrogen and oxygen atoms in total. The third-order valence-electron chi connectivity index (χ3n) is 2.82. The topological polar surface area (TPSA) is 81.4 Å². The van der Waals surface area contributed by atoms with Gasteiger partial charge in [0.15, 0.2) is 0 Å². The summed E-state index contributed by atoms with van der Waals surface area (Å²) in [4.78, 5) is 24.5. The van der Waals surface area contributed by atoms with Crippen molar-refractivity contribution in [1.82, 2.24) is 4.90 Å². The molecule has 1 unspecified atom stereocenters. The molecule has 5 heteroatoms. The minimum atomic E-state index is -0.933. The first-order valence-corrected chi connectivity index (χ1v) is 6.01. The minimum absolute atomic E-state index is 0.154. The van der Waals surface area contributed by atoms with E-state index in [1.165, 1.54) is 11.0 Å². The number of amides is 1. The Labute approximate surface area is 112 Å². The number of benzene rings is 1. The van der Waals surface area contributed by atoms with E-state index in [1.807, 2.05) is 6.07 Å². The zero-order valence-corrected chi connectivity index (χ0v) is 11.0. The molecule has 0 heterocycles. The fraction of sp³-hybridized carbons (Fsp3) is 0.357. The molecule has 0 bridgehead atoms. The van der Waals surface area contributed by atoms with Crippen LogP contribution in [0.25, 0.3) is 0 Å². The van der Waals surface area contributed by atoms with Gasteiger partial charge in [-0.25, -0.2) is 0 Å². The van der Waals surface area contributed by atoms with Crippen molar-refractivity contribution in [3.8, 4) is 6.07 Å². The first-order valence-electron chi connectivity index (χ1n) is 6.01. The van der Waals surface area contributed by atoms with Gasteiger partial charge in [-0.1, -0.05) is 13.0 Å². The molecule has 0 radical (unpaired) electrons. The molecule has 0 saturated carbocycles. The molecule has 0 aromatic heterocycles. The van der Waals surface area contributed by atoms with Crippen molar-refractivity contribution in [1.29, 1.82) is 5.26 Å². The highest BCUT2D eigenvalue weighted by molar-refractivity contribution is 5.94. The Hall–Kier alpha value is -2.35. The molecule has 19 heavy (non-hydrogen) atoms. The van der Waals surface area contributed by atoms with Gasteiger partial charge in [-0.05, 0) is 25.1 Å². The number of hydrogen-bond acceptors (Lipinski definition) is 3. The maximum Gasteiger partial charge on any atom is 0.308 e. The van der Waals surface area contributed by atoms with Gasteiger partial charge >= 0.3 is 5.97 Å². The van der Waals surface area contributed by atoms with Gasteiger partial charge in [0.1, 0.15) is 0 Å². The highest BCUT2D eigenvalue weighted by Gasteiger charge is 2.20. The van der Waals surface area contributed by atoms with E-state index in [9.17, 15) is 9.59 Å². The molecular weight excluding hydrogens is 244 g/mol. The zero-order valence-electron chi connectivity index (χ0n) is 11.0. The first-order chi connectivity index (χ1) is 8.99. The summed E-state index contributed by atoms with van der Waals surface area (Å²) >= 11 is 0. The molecule has 1 aromatic rings. The van der Waals surface area contributed by atoms with Crippen molar-refractivity contribution in [2.45, 2.75) is 13.8 Å². The van der Waals surface area contributed by atoms with E-state index in [-0.39, 0.29) is 12.5 Å². The van der Waals surface area contributed by atoms with Gasteiger partial charge in [0.05, 0.1) is 17.6 Å². The van der Waals surface area contributed by atoms with E-state index in [0.717, 1.165) is 0 Å². The van der Waals surface area contributed by atoms with E-state index in [4.69, 9.17) is 10.4 Å². The van der Waals surface area contributed by atoms with Gasteiger partial charge in [-0.15, -0.1) is 0 Å². The molecule has 0 aliphatic heterocycles. The Morgan fingerprint density at radius 3 is 2.68 bits per heavy atom. The summed E-state index contributed by atoms with van der Waals surface area (Å²) in [6.07, 6.45) is 0. The molecule has 1 amide bonds. The van der Waals surface area contributed by atoms with Gasteiger partial charge in [-0.3, -0.25) is 9.59 Å². The lowest BCUT2D eigenvalue weighted by molar-refractivity contribution is -0.141. The van der Waals surface area contributed by atoms with Crippen molar-refractivity contribution < 1.29 is 14.7 Å². The summed E-state index contributed by atoms with van der Waals surface area (Å²) in [5.74, 6) is -1.81. The van der Waals surface area contributed by atoms with Crippen LogP contribution in [0.2, 0.25) is 0 Å². The van der Waals surface area contributed by atoms with Crippen LogP contribution < -0.4 is 0 Å². The lowest BCUT2D eigenvalue weighted by Gasteiger charge is -2.23. The largest absolute Gasteiger partial charge is 0.481 e. The number of nitriles is 1. The number of carboxylic acid groups (broad SMARTS) is 1. The lowest BCUT2D eigenvalue weighted by Crippen LogP contribution is -2.36. The Morgan fingerprint density at radius 2 is 2.16 bits per heavy atom. The summed E-state index contributed by atoms with van der Waals surface area (Å²) in [6, 6.07) is 8.36. The molecular formula is C14H16N2O3. The quantitative estimate of drug-likeness (QED) is 0.874. The van der Waals surface area contributed by atoms with Crippen molar-refractivity contribution in [2.24, 2.45) is 5.92 Å². The van der Waals surface area contributed by atoms with Gasteiger partial charge in [0, 0.05) is 18.7 Å². The smallest absolute Gasteiger partial charge is 0.308 e. The summed E-state index contributed by atoms with van der Waals surface area (Å²) in [7, 11) is 0. The van der Waals surface area contributed by atoms with E-state index >= 15 is 0 Å². The normalized spacial score (nSPS) is 11.4. The summed E-state index contributed by atoms with van der Waals surface area (Å²) in [5, 5.41) is 17.7. The molecule has 1 N–H and O–H groups in total. The van der Waals surface area contributed by atoms with Crippen LogP contribution in [0.1, 0.15) is 29.8 Å². The van der Waals surface area contributed by atoms with Crippen LogP contribution in [0.15, 0.2) is 24.3 Å². The number of nitrogens with zero attached hydrogens (tertiary/aromatic N) is 2. The molecule has 0 aliphatic carbocycles. The number of hydrogen-bond donors (Lipinski definition) is 1. The van der Waals surface area contributed by atoms with Crippen LogP contribution in [0.5, 0.6) is 0 Å². The highest BCUT2D eigenvalue weighted by atomic mass is 16.4. The summed E-state index contributed by atoms with van der Waals surface area (Å²) < 4.78 is 0. The lowest BCUT2D eigenvalue weighted by atomic mass is 10.1. The van der Waals surface area contributed by atoms with Crippen LogP contribution in [-0.4, -0.2) is 35.0 Å². The predicted octanol–water partition coefficient (Wildman–Crippen LogP) is 1.74. The second kappa shape index (κ2) is 6.55. The second-order valence-electron chi connectivity index (χ2n) is 4.28. The van der Waals surface area contributed by atoms with Crippen LogP contribution in [0.3, 0.4) is 0 Å². The number of carbonyl (C=O) groups is 2. The number of carboxylic acids is 1. The van der Waals surface area contributed by atoms with E-state index < -0.39 is 11.9 Å². The fourth-order valence-corrected chi connectivity index (χ4v) is 1.67. The van der Waals surface area contributed by atoms with Crippen LogP contribution >= 0.6 is 0 Å². The third kappa shape index (κ3) is 3.81. The Bertz CT molecular complexity index is 520. The van der Waals surface area contributed by atoms with Gasteiger partial charge in [-0.2, -0.15) is 5.26 Å². The van der Waals surface area contributed by atoms with E-state index in [1.54, 1.807) is 32.0 Å². The SMILES string of the molecule is CCN(CC(C)C(=O)O)C(=O)c1cccc(C#N)c1. The van der Waals surface area contributed by atoms with Crippen molar-refractivity contribution in [2.75, 3.05) is 13.1 Å². The molecule has 1 atom stereocenters. The first kappa shape index (κ1) is 14.7. The van der Waals surface area contributed by atoms with Crippen LogP contribution in [0.4, 0.5) is 0 Å². The number of carbonyl (C=O) groups excluding carboxylic acids is 1. The molecule has 100 valence electrons. The molecule has 0 aliphatic rings. The Kier molecular flexibility index (Phi) is 5.07. The minimum Gasteiger partial charge on any atom is -0.481 e. The zero-order chi connectivity index (χ0) is 14.4. The second-order valence-corrected chi connectivity index (χ2v) is 4.28. The maximum atomic E-state index is 12.2. The standard InChI is InChI=1S/C14H16N2O3/c1-3-16(9-10(2)14(18)19)13(17)12-6-4-5-11(7-12)8-15/h4-7,10H,3,9H2,1-2H3,(H,18,19). The highest BCUT2D eigenvalue weighted by Crippen LogP contribution is 2.10. The summed E-state index contributed by atoms with van der Waals surface area (Å²) in [5.41, 5.74) is 0.812. The van der Waals surface area contributed by atoms with Crippen molar-refractivity contribution >= 4 is 11.9 Å². The predicted molar refractivity (Wildman–Crippen MR) is 69.5 cm³/mol. The van der Waals surface area contributed by atoms with Crippen LogP contribution in [0, 0.1) is 17.2 Å². The van der Waals surface area contributed by atoms with Crippen molar-refractivity contribution in [3.63, 3.8) is 0 Å². The van der Waals surface area contributed by atoms with E-state index in [2.05, 4.69) is 0 Å². The number of aliphatic carboxylic acids is 1. The van der Waals surface area contributed by atoms with Gasteiger partial charge < -0.3 is 10.0 Å². The fourth-order valence-electron chi connectivity index (χ4n) is 1.67. The molecule has 0 fully saturated rings. The molecule has 0 spiro atoms. The number of rotatable bonds is 5. The van der Waals surface area contributed by atoms with Gasteiger partial charge in [0.25, 0.3) is 5.91 Å². The molecule has 0 saturated heterocycles. The average Bonchev–Trinajstić information content (AvgIpc) is 2.43. The third-order valence-corrected chi connectivity index (χ3v) is 2.82. The Morgan fingerprint density at radius 1 is 1.47 bits per heavy atom. The van der Waals surface area contributed by atoms with Crippen LogP contribution in [-0.2, 0) is 4.79 Å². The van der Waals surface area contributed by atoms with E-state index in [0.29, 0.717) is 17.7 Å². The van der Waals surface area contributed by atoms with Gasteiger partial charge in [0.2, 0.25) is 0 Å². The molecule has 1 rings (SSSR count). The maximum absolute atomic E-state index is 12.2. The summed E-state index contributed by atoms with van der Waals surface area (Å²) in [6.45, 7) is 3.93. The van der Waals surface area contributed by atoms with Crippen molar-refractivity contribution in [3.05, 3.63) is 35.4 Å². The monoisotopic (exact) mass is 260 g/mol.